The van der Waals surface area contributed by atoms with Crippen molar-refractivity contribution >= 4 is 22.5 Å². The van der Waals surface area contributed by atoms with Crippen LogP contribution in [0.5, 0.6) is 0 Å². The number of nitrogens with zero attached hydrogens (tertiary/aromatic N) is 2. The SMILES string of the molecule is O=C(Nc1cccc2ccccc12)N(Cc1ccc(-c2ccc(CNC3CCCCC3)cc2)cc1)Cc1cccnc1. The lowest BCUT2D eigenvalue weighted by molar-refractivity contribution is 0.206. The van der Waals surface area contributed by atoms with Crippen molar-refractivity contribution in [2.75, 3.05) is 5.32 Å². The van der Waals surface area contributed by atoms with Gasteiger partial charge in [0.1, 0.15) is 0 Å². The average molecular weight is 555 g/mol. The van der Waals surface area contributed by atoms with Crippen LogP contribution in [0.25, 0.3) is 21.9 Å². The minimum absolute atomic E-state index is 0.142. The molecule has 5 heteroatoms. The van der Waals surface area contributed by atoms with Gasteiger partial charge in [0.2, 0.25) is 0 Å². The van der Waals surface area contributed by atoms with Crippen LogP contribution in [0.1, 0.15) is 48.8 Å². The smallest absolute Gasteiger partial charge is 0.316 e. The minimum Gasteiger partial charge on any atom is -0.316 e. The Hall–Kier alpha value is -4.48. The Bertz CT molecular complexity index is 1590. The second-order valence-corrected chi connectivity index (χ2v) is 11.3. The van der Waals surface area contributed by atoms with E-state index in [9.17, 15) is 4.79 Å². The maximum atomic E-state index is 13.6. The lowest BCUT2D eigenvalue weighted by atomic mass is 9.95. The fourth-order valence-corrected chi connectivity index (χ4v) is 5.85. The number of pyridine rings is 1. The molecule has 42 heavy (non-hydrogen) atoms. The van der Waals surface area contributed by atoms with Gasteiger partial charge in [0.25, 0.3) is 0 Å². The van der Waals surface area contributed by atoms with Crippen molar-refractivity contribution in [2.45, 2.75) is 57.8 Å². The first kappa shape index (κ1) is 27.7. The lowest BCUT2D eigenvalue weighted by Gasteiger charge is -2.24. The minimum atomic E-state index is -0.142. The number of carbonyl (C=O) groups is 1. The molecule has 1 fully saturated rings. The van der Waals surface area contributed by atoms with Gasteiger partial charge in [-0.05, 0) is 58.2 Å². The second-order valence-electron chi connectivity index (χ2n) is 11.3. The average Bonchev–Trinajstić information content (AvgIpc) is 3.05. The molecule has 0 aliphatic heterocycles. The van der Waals surface area contributed by atoms with Crippen molar-refractivity contribution in [3.05, 3.63) is 132 Å². The van der Waals surface area contributed by atoms with Gasteiger partial charge in [-0.1, -0.05) is 110 Å². The topological polar surface area (TPSA) is 57.3 Å². The van der Waals surface area contributed by atoms with Gasteiger partial charge in [-0.3, -0.25) is 4.98 Å². The van der Waals surface area contributed by atoms with E-state index in [1.807, 2.05) is 53.6 Å². The van der Waals surface area contributed by atoms with E-state index in [1.54, 1.807) is 6.20 Å². The van der Waals surface area contributed by atoms with E-state index in [1.165, 1.54) is 48.8 Å². The molecule has 1 aromatic heterocycles. The fourth-order valence-electron chi connectivity index (χ4n) is 5.85. The number of hydrogen-bond acceptors (Lipinski definition) is 3. The summed E-state index contributed by atoms with van der Waals surface area (Å²) in [5.41, 5.74) is 6.56. The van der Waals surface area contributed by atoms with Gasteiger partial charge in [-0.15, -0.1) is 0 Å². The van der Waals surface area contributed by atoms with Crippen LogP contribution in [0.3, 0.4) is 0 Å². The molecule has 0 unspecified atom stereocenters. The second kappa shape index (κ2) is 13.5. The summed E-state index contributed by atoms with van der Waals surface area (Å²) in [5, 5.41) is 9.01. The lowest BCUT2D eigenvalue weighted by Crippen LogP contribution is -2.34. The van der Waals surface area contributed by atoms with E-state index in [0.717, 1.165) is 34.1 Å². The Kier molecular flexibility index (Phi) is 8.87. The Morgan fingerprint density at radius 3 is 2.14 bits per heavy atom. The number of rotatable bonds is 9. The van der Waals surface area contributed by atoms with Crippen molar-refractivity contribution in [1.29, 1.82) is 0 Å². The highest BCUT2D eigenvalue weighted by Crippen LogP contribution is 2.25. The molecule has 0 saturated heterocycles. The van der Waals surface area contributed by atoms with Gasteiger partial charge in [-0.25, -0.2) is 4.79 Å². The normalized spacial score (nSPS) is 13.6. The summed E-state index contributed by atoms with van der Waals surface area (Å²) in [6, 6.07) is 35.9. The highest BCUT2D eigenvalue weighted by atomic mass is 16.2. The number of hydrogen-bond donors (Lipinski definition) is 2. The first-order chi connectivity index (χ1) is 20.7. The summed E-state index contributed by atoms with van der Waals surface area (Å²) in [5.74, 6) is 0. The number of urea groups is 1. The van der Waals surface area contributed by atoms with E-state index in [0.29, 0.717) is 19.1 Å². The summed E-state index contributed by atoms with van der Waals surface area (Å²) in [6.45, 7) is 1.87. The van der Waals surface area contributed by atoms with Gasteiger partial charge in [0.15, 0.2) is 0 Å². The number of carbonyl (C=O) groups excluding carboxylic acids is 1. The van der Waals surface area contributed by atoms with Crippen LogP contribution in [0, 0.1) is 0 Å². The molecule has 1 saturated carbocycles. The predicted octanol–water partition coefficient (Wildman–Crippen LogP) is 8.56. The standard InChI is InChI=1S/C37H38N4O/c42-37(40-36-14-6-10-33-9-4-5-13-35(33)36)41(27-30-8-7-23-38-24-30)26-29-17-21-32(22-18-29)31-19-15-28(16-20-31)25-39-34-11-2-1-3-12-34/h4-10,13-24,34,39H,1-3,11-12,25-27H2,(H,40,42). The summed E-state index contributed by atoms with van der Waals surface area (Å²) in [7, 11) is 0. The van der Waals surface area contributed by atoms with Crippen molar-refractivity contribution in [3.8, 4) is 11.1 Å². The van der Waals surface area contributed by atoms with Crippen LogP contribution in [0.15, 0.2) is 116 Å². The quantitative estimate of drug-likeness (QED) is 0.192. The molecule has 0 atom stereocenters. The maximum absolute atomic E-state index is 13.6. The highest BCUT2D eigenvalue weighted by Gasteiger charge is 2.17. The number of anilines is 1. The van der Waals surface area contributed by atoms with Crippen LogP contribution in [-0.4, -0.2) is 22.0 Å². The Labute approximate surface area is 248 Å². The number of benzene rings is 4. The van der Waals surface area contributed by atoms with E-state index in [-0.39, 0.29) is 6.03 Å². The third-order valence-corrected chi connectivity index (χ3v) is 8.23. The molecule has 2 amide bonds. The molecular weight excluding hydrogens is 516 g/mol. The monoisotopic (exact) mass is 554 g/mol. The molecule has 1 heterocycles. The first-order valence-electron chi connectivity index (χ1n) is 15.1. The summed E-state index contributed by atoms with van der Waals surface area (Å²) >= 11 is 0. The number of amides is 2. The van der Waals surface area contributed by atoms with Crippen molar-refractivity contribution in [3.63, 3.8) is 0 Å². The Balaban J connectivity index is 1.14. The third-order valence-electron chi connectivity index (χ3n) is 8.23. The fraction of sp³-hybridized carbons (Fsp3) is 0.243. The molecule has 5 nitrogen and oxygen atoms in total. The molecule has 0 bridgehead atoms. The zero-order valence-electron chi connectivity index (χ0n) is 24.0. The molecule has 2 N–H and O–H groups in total. The van der Waals surface area contributed by atoms with Crippen LogP contribution in [-0.2, 0) is 19.6 Å². The van der Waals surface area contributed by atoms with Crippen LogP contribution in [0.2, 0.25) is 0 Å². The highest BCUT2D eigenvalue weighted by molar-refractivity contribution is 6.01. The van der Waals surface area contributed by atoms with Crippen LogP contribution < -0.4 is 10.6 Å². The van der Waals surface area contributed by atoms with E-state index >= 15 is 0 Å². The largest absolute Gasteiger partial charge is 0.322 e. The van der Waals surface area contributed by atoms with Gasteiger partial charge in [-0.2, -0.15) is 0 Å². The molecule has 5 aromatic rings. The van der Waals surface area contributed by atoms with Crippen LogP contribution >= 0.6 is 0 Å². The first-order valence-corrected chi connectivity index (χ1v) is 15.1. The van der Waals surface area contributed by atoms with E-state index in [4.69, 9.17) is 0 Å². The Morgan fingerprint density at radius 1 is 0.714 bits per heavy atom. The number of fused-ring (bicyclic) bond motifs is 1. The molecule has 1 aliphatic rings. The number of aromatic nitrogens is 1. The van der Waals surface area contributed by atoms with E-state index in [2.05, 4.69) is 76.3 Å². The van der Waals surface area contributed by atoms with Gasteiger partial charge >= 0.3 is 6.03 Å². The predicted molar refractivity (Wildman–Crippen MR) is 172 cm³/mol. The summed E-state index contributed by atoms with van der Waals surface area (Å²) in [4.78, 5) is 19.7. The van der Waals surface area contributed by atoms with E-state index < -0.39 is 0 Å². The van der Waals surface area contributed by atoms with Gasteiger partial charge in [0, 0.05) is 43.5 Å². The van der Waals surface area contributed by atoms with Crippen molar-refractivity contribution < 1.29 is 4.79 Å². The molecule has 212 valence electrons. The van der Waals surface area contributed by atoms with Gasteiger partial charge in [0.05, 0.1) is 5.69 Å². The Morgan fingerprint density at radius 2 is 1.40 bits per heavy atom. The third kappa shape index (κ3) is 7.04. The molecule has 0 spiro atoms. The molecular formula is C37H38N4O. The van der Waals surface area contributed by atoms with Gasteiger partial charge < -0.3 is 15.5 Å². The summed E-state index contributed by atoms with van der Waals surface area (Å²) < 4.78 is 0. The zero-order valence-corrected chi connectivity index (χ0v) is 24.0. The van der Waals surface area contributed by atoms with Crippen molar-refractivity contribution in [1.82, 2.24) is 15.2 Å². The molecule has 1 aliphatic carbocycles. The number of nitrogens with one attached hydrogen (secondary N) is 2. The maximum Gasteiger partial charge on any atom is 0.322 e. The molecule has 4 aromatic carbocycles. The van der Waals surface area contributed by atoms with Crippen LogP contribution in [0.4, 0.5) is 10.5 Å². The molecule has 6 rings (SSSR count). The zero-order chi connectivity index (χ0) is 28.6. The summed E-state index contributed by atoms with van der Waals surface area (Å²) in [6.07, 6.45) is 10.2. The molecule has 0 radical (unpaired) electrons. The van der Waals surface area contributed by atoms with Crippen molar-refractivity contribution in [2.24, 2.45) is 0 Å².